The maximum absolute atomic E-state index is 12.4. The Morgan fingerprint density at radius 3 is 2.17 bits per heavy atom. The zero-order chi connectivity index (χ0) is 16.2. The summed E-state index contributed by atoms with van der Waals surface area (Å²) in [5.41, 5.74) is 1.15. The predicted molar refractivity (Wildman–Crippen MR) is 86.1 cm³/mol. The standard InChI is InChI=1S/C16H16ClO4S.Na/c1-20-15-9-13(16(21-2)8-12(15)10-17)11-22(18,19)14-6-4-3-5-7-14;/h3-9,11H,10H2,1-2H3;/q-1;+1. The van der Waals surface area contributed by atoms with Crippen LogP contribution in [0.4, 0.5) is 0 Å². The van der Waals surface area contributed by atoms with E-state index in [1.165, 1.54) is 20.0 Å². The van der Waals surface area contributed by atoms with Crippen LogP contribution in [-0.4, -0.2) is 22.6 Å². The monoisotopic (exact) mass is 362 g/mol. The summed E-state index contributed by atoms with van der Waals surface area (Å²) in [6, 6.07) is 11.5. The number of alkyl halides is 1. The van der Waals surface area contributed by atoms with Crippen molar-refractivity contribution < 1.29 is 47.4 Å². The second-order valence-corrected chi connectivity index (χ2v) is 6.58. The van der Waals surface area contributed by atoms with Crippen LogP contribution in [0.1, 0.15) is 11.1 Å². The summed E-state index contributed by atoms with van der Waals surface area (Å²) in [5, 5.41) is 0. The number of hydrogen-bond donors (Lipinski definition) is 0. The van der Waals surface area contributed by atoms with Crippen molar-refractivity contribution in [1.82, 2.24) is 0 Å². The molecule has 0 N–H and O–H groups in total. The number of sulfone groups is 1. The van der Waals surface area contributed by atoms with Gasteiger partial charge in [0.05, 0.1) is 24.9 Å². The van der Waals surface area contributed by atoms with E-state index in [1.54, 1.807) is 42.5 Å². The van der Waals surface area contributed by atoms with E-state index < -0.39 is 9.84 Å². The van der Waals surface area contributed by atoms with Crippen molar-refractivity contribution in [2.75, 3.05) is 14.2 Å². The first-order valence-electron chi connectivity index (χ1n) is 6.47. The summed E-state index contributed by atoms with van der Waals surface area (Å²) in [7, 11) is -0.598. The third-order valence-electron chi connectivity index (χ3n) is 3.13. The molecule has 0 aliphatic carbocycles. The SMILES string of the molecule is COc1cc(CCl)c(OC)cc1[CH-]S(=O)(=O)c1ccccc1.[Na+]. The molecule has 0 heterocycles. The van der Waals surface area contributed by atoms with Gasteiger partial charge in [-0.2, -0.15) is 0 Å². The largest absolute Gasteiger partial charge is 1.00 e. The van der Waals surface area contributed by atoms with Gasteiger partial charge >= 0.3 is 29.6 Å². The van der Waals surface area contributed by atoms with E-state index in [9.17, 15) is 8.42 Å². The van der Waals surface area contributed by atoms with Crippen molar-refractivity contribution in [3.05, 3.63) is 59.3 Å². The van der Waals surface area contributed by atoms with Gasteiger partial charge in [-0.05, 0) is 17.7 Å². The molecule has 2 aromatic rings. The molecule has 2 rings (SSSR count). The van der Waals surface area contributed by atoms with Gasteiger partial charge < -0.3 is 9.47 Å². The topological polar surface area (TPSA) is 52.6 Å². The van der Waals surface area contributed by atoms with Crippen LogP contribution in [0, 0.1) is 5.75 Å². The first kappa shape index (κ1) is 20.2. The maximum Gasteiger partial charge on any atom is 1.00 e. The van der Waals surface area contributed by atoms with Gasteiger partial charge in [0.15, 0.2) is 9.84 Å². The van der Waals surface area contributed by atoms with Gasteiger partial charge in [0, 0.05) is 11.6 Å². The number of benzene rings is 2. The van der Waals surface area contributed by atoms with Crippen LogP contribution < -0.4 is 39.0 Å². The van der Waals surface area contributed by atoms with Gasteiger partial charge in [0.25, 0.3) is 0 Å². The molecule has 0 aliphatic rings. The normalized spacial score (nSPS) is 10.6. The molecule has 23 heavy (non-hydrogen) atoms. The Balaban J connectivity index is 0.00000264. The van der Waals surface area contributed by atoms with E-state index in [0.29, 0.717) is 17.1 Å². The number of rotatable bonds is 6. The van der Waals surface area contributed by atoms with E-state index in [1.807, 2.05) is 0 Å². The Bertz CT molecular complexity index is 748. The van der Waals surface area contributed by atoms with Crippen molar-refractivity contribution in [3.63, 3.8) is 0 Å². The molecule has 118 valence electrons. The molecule has 0 fully saturated rings. The number of ether oxygens (including phenoxy) is 2. The fraction of sp³-hybridized carbons (Fsp3) is 0.188. The van der Waals surface area contributed by atoms with Crippen LogP contribution in [0.15, 0.2) is 47.4 Å². The number of hydrogen-bond acceptors (Lipinski definition) is 4. The van der Waals surface area contributed by atoms with Crippen LogP contribution in [-0.2, 0) is 15.7 Å². The summed E-state index contributed by atoms with van der Waals surface area (Å²) in [5.74, 6) is 2.36. The Morgan fingerprint density at radius 2 is 1.65 bits per heavy atom. The van der Waals surface area contributed by atoms with Crippen LogP contribution in [0.3, 0.4) is 0 Å². The molecule has 0 bridgehead atoms. The van der Waals surface area contributed by atoms with E-state index in [-0.39, 0.29) is 40.3 Å². The summed E-state index contributed by atoms with van der Waals surface area (Å²) in [6.45, 7) is 0. The van der Waals surface area contributed by atoms with Crippen molar-refractivity contribution in [1.29, 1.82) is 0 Å². The quantitative estimate of drug-likeness (QED) is 0.425. The summed E-state index contributed by atoms with van der Waals surface area (Å²) in [4.78, 5) is 0.220. The van der Waals surface area contributed by atoms with E-state index in [0.717, 1.165) is 5.56 Å². The van der Waals surface area contributed by atoms with Crippen LogP contribution >= 0.6 is 11.6 Å². The molecule has 0 aliphatic heterocycles. The molecule has 0 spiro atoms. The molecule has 0 atom stereocenters. The fourth-order valence-corrected chi connectivity index (χ4v) is 3.43. The minimum Gasteiger partial charge on any atom is -0.554 e. The van der Waals surface area contributed by atoms with Crippen molar-refractivity contribution >= 4 is 21.4 Å². The van der Waals surface area contributed by atoms with Gasteiger partial charge in [0.2, 0.25) is 0 Å². The van der Waals surface area contributed by atoms with E-state index in [4.69, 9.17) is 21.1 Å². The Hall–Kier alpha value is -0.850. The molecular formula is C16H16ClNaO4S. The average molecular weight is 363 g/mol. The molecule has 0 radical (unpaired) electrons. The Labute approximate surface area is 164 Å². The summed E-state index contributed by atoms with van der Waals surface area (Å²) >= 11 is 5.86. The molecule has 7 heteroatoms. The molecule has 2 aromatic carbocycles. The van der Waals surface area contributed by atoms with E-state index in [2.05, 4.69) is 0 Å². The van der Waals surface area contributed by atoms with Crippen LogP contribution in [0.2, 0.25) is 0 Å². The molecular weight excluding hydrogens is 347 g/mol. The van der Waals surface area contributed by atoms with Gasteiger partial charge in [-0.1, -0.05) is 30.0 Å². The van der Waals surface area contributed by atoms with Gasteiger partial charge in [0.1, 0.15) is 0 Å². The number of halogens is 1. The van der Waals surface area contributed by atoms with Crippen molar-refractivity contribution in [2.24, 2.45) is 0 Å². The van der Waals surface area contributed by atoms with Gasteiger partial charge in [-0.15, -0.1) is 23.2 Å². The van der Waals surface area contributed by atoms with Gasteiger partial charge in [-0.3, -0.25) is 0 Å². The van der Waals surface area contributed by atoms with Crippen molar-refractivity contribution in [2.45, 2.75) is 10.8 Å². The zero-order valence-corrected chi connectivity index (χ0v) is 16.8. The first-order valence-corrected chi connectivity index (χ1v) is 8.55. The Morgan fingerprint density at radius 1 is 1.04 bits per heavy atom. The first-order chi connectivity index (χ1) is 10.5. The molecule has 0 unspecified atom stereocenters. The van der Waals surface area contributed by atoms with Crippen molar-refractivity contribution in [3.8, 4) is 11.5 Å². The fourth-order valence-electron chi connectivity index (χ4n) is 2.03. The third kappa shape index (κ3) is 4.81. The molecule has 0 aromatic heterocycles. The zero-order valence-electron chi connectivity index (χ0n) is 13.2. The number of methoxy groups -OCH3 is 2. The smallest absolute Gasteiger partial charge is 0.554 e. The third-order valence-corrected chi connectivity index (χ3v) is 4.91. The van der Waals surface area contributed by atoms with E-state index >= 15 is 0 Å². The summed E-state index contributed by atoms with van der Waals surface area (Å²) in [6.07, 6.45) is 0. The summed E-state index contributed by atoms with van der Waals surface area (Å²) < 4.78 is 35.4. The molecule has 4 nitrogen and oxygen atoms in total. The second kappa shape index (κ2) is 8.85. The maximum atomic E-state index is 12.4. The molecule has 0 saturated heterocycles. The molecule has 0 saturated carbocycles. The van der Waals surface area contributed by atoms with Crippen LogP contribution in [0.5, 0.6) is 11.5 Å². The second-order valence-electron chi connectivity index (χ2n) is 4.52. The molecule has 0 amide bonds. The van der Waals surface area contributed by atoms with Crippen LogP contribution in [0.25, 0.3) is 0 Å². The minimum atomic E-state index is -3.58. The minimum absolute atomic E-state index is 0. The average Bonchev–Trinajstić information content (AvgIpc) is 2.55. The van der Waals surface area contributed by atoms with Gasteiger partial charge in [-0.25, -0.2) is 8.42 Å². The predicted octanol–water partition coefficient (Wildman–Crippen LogP) is 0.430. The Kier molecular flexibility index (Phi) is 7.77.